The normalized spacial score (nSPS) is 19.7. The molecule has 6 nitrogen and oxygen atoms in total. The van der Waals surface area contributed by atoms with Gasteiger partial charge in [0.15, 0.2) is 11.6 Å². The third-order valence-corrected chi connectivity index (χ3v) is 4.45. The number of Topliss-reactive ketones (excluding diaryl/α,β-unsaturated/α-hetero) is 1. The Kier molecular flexibility index (Phi) is 3.68. The smallest absolute Gasteiger partial charge is 0.189 e. The third-order valence-electron chi connectivity index (χ3n) is 4.14. The average Bonchev–Trinajstić information content (AvgIpc) is 3.26. The van der Waals surface area contributed by atoms with Crippen LogP contribution in [0.1, 0.15) is 29.3 Å². The van der Waals surface area contributed by atoms with Gasteiger partial charge in [-0.3, -0.25) is 4.79 Å². The number of allylic oxidation sites excluding steroid dienone is 1. The summed E-state index contributed by atoms with van der Waals surface area (Å²) in [6.45, 7) is 3.39. The van der Waals surface area contributed by atoms with Crippen LogP contribution in [0.15, 0.2) is 34.4 Å². The number of rotatable bonds is 4. The van der Waals surface area contributed by atoms with Crippen LogP contribution in [0.25, 0.3) is 0 Å². The number of ether oxygens (including phenoxy) is 1. The summed E-state index contributed by atoms with van der Waals surface area (Å²) in [7, 11) is 0. The number of hydrazone groups is 1. The summed E-state index contributed by atoms with van der Waals surface area (Å²) < 4.78 is 5.26. The molecule has 0 aromatic heterocycles. The molecule has 1 saturated heterocycles. The number of ketones is 1. The van der Waals surface area contributed by atoms with E-state index < -0.39 is 0 Å². The molecular formula is C15H17ClN4O2. The minimum atomic E-state index is -0.0742. The molecule has 2 aliphatic rings. The first-order chi connectivity index (χ1) is 10.5. The van der Waals surface area contributed by atoms with Crippen molar-refractivity contribution in [3.8, 4) is 0 Å². The number of carbonyl (C=O) groups excluding carboxylic acids is 1. The molecule has 0 amide bonds. The molecule has 1 aromatic carbocycles. The highest BCUT2D eigenvalue weighted by atomic mass is 35.5. The molecule has 1 aliphatic carbocycles. The maximum Gasteiger partial charge on any atom is 0.189 e. The van der Waals surface area contributed by atoms with Gasteiger partial charge in [-0.25, -0.2) is 5.84 Å². The van der Waals surface area contributed by atoms with Gasteiger partial charge in [0.05, 0.1) is 13.2 Å². The van der Waals surface area contributed by atoms with Crippen molar-refractivity contribution in [2.75, 3.05) is 13.2 Å². The molecule has 5 N–H and O–H groups in total. The number of nitrogens with one attached hydrogen (secondary N) is 1. The molecule has 1 fully saturated rings. The minimum absolute atomic E-state index is 0.0640. The second kappa shape index (κ2) is 5.39. The molecule has 7 heteroatoms. The van der Waals surface area contributed by atoms with Gasteiger partial charge in [0.2, 0.25) is 0 Å². The highest BCUT2D eigenvalue weighted by Crippen LogP contribution is 2.38. The molecular weight excluding hydrogens is 304 g/mol. The van der Waals surface area contributed by atoms with Gasteiger partial charge < -0.3 is 16.0 Å². The fourth-order valence-corrected chi connectivity index (χ4v) is 3.07. The monoisotopic (exact) mass is 320 g/mol. The molecule has 0 unspecified atom stereocenters. The van der Waals surface area contributed by atoms with E-state index in [2.05, 4.69) is 17.5 Å². The second-order valence-corrected chi connectivity index (χ2v) is 6.24. The van der Waals surface area contributed by atoms with E-state index in [0.717, 1.165) is 11.1 Å². The van der Waals surface area contributed by atoms with Crippen LogP contribution >= 0.6 is 11.6 Å². The van der Waals surface area contributed by atoms with Crippen molar-refractivity contribution in [2.24, 2.45) is 16.8 Å². The summed E-state index contributed by atoms with van der Waals surface area (Å²) in [6, 6.07) is 5.41. The number of nitrogens with zero attached hydrogens (tertiary/aromatic N) is 1. The molecule has 0 saturated carbocycles. The van der Waals surface area contributed by atoms with Gasteiger partial charge >= 0.3 is 0 Å². The van der Waals surface area contributed by atoms with Crippen LogP contribution < -0.4 is 17.1 Å². The summed E-state index contributed by atoms with van der Waals surface area (Å²) in [6.07, 6.45) is 0.532. The molecule has 1 heterocycles. The zero-order chi connectivity index (χ0) is 15.9. The Morgan fingerprint density at radius 1 is 1.41 bits per heavy atom. The van der Waals surface area contributed by atoms with Crippen molar-refractivity contribution in [1.29, 1.82) is 0 Å². The third kappa shape index (κ3) is 2.39. The second-order valence-electron chi connectivity index (χ2n) is 5.83. The summed E-state index contributed by atoms with van der Waals surface area (Å²) in [4.78, 5) is 12.4. The van der Waals surface area contributed by atoms with Gasteiger partial charge in [0, 0.05) is 33.6 Å². The van der Waals surface area contributed by atoms with E-state index in [1.165, 1.54) is 0 Å². The predicted molar refractivity (Wildman–Crippen MR) is 84.5 cm³/mol. The summed E-state index contributed by atoms with van der Waals surface area (Å²) in [5.74, 6) is 10.8. The van der Waals surface area contributed by atoms with E-state index in [4.69, 9.17) is 28.0 Å². The maximum atomic E-state index is 12.4. The van der Waals surface area contributed by atoms with Crippen LogP contribution in [-0.2, 0) is 10.2 Å². The molecule has 3 rings (SSSR count). The van der Waals surface area contributed by atoms with E-state index in [1.54, 1.807) is 12.1 Å². The van der Waals surface area contributed by atoms with Crippen LogP contribution in [0.3, 0.4) is 0 Å². The van der Waals surface area contributed by atoms with E-state index in [1.807, 2.05) is 6.07 Å². The van der Waals surface area contributed by atoms with E-state index in [0.29, 0.717) is 41.6 Å². The molecule has 0 atom stereocenters. The topological polar surface area (TPSA) is 103 Å². The highest BCUT2D eigenvalue weighted by Gasteiger charge is 2.37. The first kappa shape index (κ1) is 15.0. The number of amidine groups is 1. The standard InChI is InChI=1S/C15H17ClN4O2/c1-15(6-22-7-15)11-3-2-8(4-12(11)16)13(21)9-5-10(9)14(19-17)20-18/h2-4H,5-7,17-18H2,1H3,(H,19,20). The number of carbonyl (C=O) groups is 1. The zero-order valence-corrected chi connectivity index (χ0v) is 12.9. The Labute approximate surface area is 133 Å². The van der Waals surface area contributed by atoms with E-state index >= 15 is 0 Å². The lowest BCUT2D eigenvalue weighted by molar-refractivity contribution is -0.0499. The Morgan fingerprint density at radius 2 is 2.14 bits per heavy atom. The van der Waals surface area contributed by atoms with Crippen molar-refractivity contribution in [3.63, 3.8) is 0 Å². The maximum absolute atomic E-state index is 12.4. The molecule has 1 aromatic rings. The zero-order valence-electron chi connectivity index (χ0n) is 12.1. The Hall–Kier alpha value is -1.89. The molecule has 0 radical (unpaired) electrons. The summed E-state index contributed by atoms with van der Waals surface area (Å²) >= 11 is 6.35. The van der Waals surface area contributed by atoms with Gasteiger partial charge in [0.1, 0.15) is 0 Å². The first-order valence-corrected chi connectivity index (χ1v) is 7.27. The van der Waals surface area contributed by atoms with Crippen LogP contribution in [0, 0.1) is 0 Å². The molecule has 0 bridgehead atoms. The van der Waals surface area contributed by atoms with Gasteiger partial charge in [-0.15, -0.1) is 0 Å². The number of hydrogen-bond donors (Lipinski definition) is 3. The lowest BCUT2D eigenvalue weighted by atomic mass is 9.80. The number of halogens is 1. The number of hydrazine groups is 1. The fraction of sp³-hybridized carbons (Fsp3) is 0.333. The van der Waals surface area contributed by atoms with E-state index in [9.17, 15) is 4.79 Å². The fourth-order valence-electron chi connectivity index (χ4n) is 2.66. The van der Waals surface area contributed by atoms with Crippen LogP contribution in [0.2, 0.25) is 5.02 Å². The average molecular weight is 321 g/mol. The molecule has 1 aliphatic heterocycles. The molecule has 22 heavy (non-hydrogen) atoms. The van der Waals surface area contributed by atoms with Gasteiger partial charge in [-0.1, -0.05) is 30.7 Å². The predicted octanol–water partition coefficient (Wildman–Crippen LogP) is 1.25. The van der Waals surface area contributed by atoms with Crippen molar-refractivity contribution in [2.45, 2.75) is 18.8 Å². The highest BCUT2D eigenvalue weighted by molar-refractivity contribution is 6.32. The lowest BCUT2D eigenvalue weighted by Crippen LogP contribution is -2.44. The summed E-state index contributed by atoms with van der Waals surface area (Å²) in [5.41, 5.74) is 5.28. The van der Waals surface area contributed by atoms with Crippen molar-refractivity contribution < 1.29 is 9.53 Å². The number of hydrogen-bond acceptors (Lipinski definition) is 5. The van der Waals surface area contributed by atoms with Gasteiger partial charge in [-0.05, 0) is 11.6 Å². The summed E-state index contributed by atoms with van der Waals surface area (Å²) in [5, 5.41) is 4.10. The largest absolute Gasteiger partial charge is 0.379 e. The molecule has 0 spiro atoms. The Bertz CT molecular complexity index is 707. The van der Waals surface area contributed by atoms with Crippen LogP contribution in [-0.4, -0.2) is 24.8 Å². The first-order valence-electron chi connectivity index (χ1n) is 6.89. The lowest BCUT2D eigenvalue weighted by Gasteiger charge is -2.39. The van der Waals surface area contributed by atoms with Gasteiger partial charge in [0.25, 0.3) is 0 Å². The van der Waals surface area contributed by atoms with Crippen molar-refractivity contribution in [3.05, 3.63) is 45.5 Å². The van der Waals surface area contributed by atoms with Gasteiger partial charge in [-0.2, -0.15) is 5.10 Å². The Balaban J connectivity index is 1.85. The van der Waals surface area contributed by atoms with Crippen molar-refractivity contribution in [1.82, 2.24) is 5.43 Å². The Morgan fingerprint density at radius 3 is 2.64 bits per heavy atom. The quantitative estimate of drug-likeness (QED) is 0.255. The SMILES string of the molecule is CC1(c2ccc(C(=O)C3=C(/C(=N\N)NN)C3)cc2Cl)COC1. The number of benzene rings is 1. The van der Waals surface area contributed by atoms with Crippen LogP contribution in [0.4, 0.5) is 0 Å². The van der Waals surface area contributed by atoms with Crippen molar-refractivity contribution >= 4 is 23.2 Å². The number of nitrogens with two attached hydrogens (primary N) is 2. The minimum Gasteiger partial charge on any atom is -0.379 e. The molecule has 116 valence electrons. The van der Waals surface area contributed by atoms with E-state index in [-0.39, 0.29) is 11.2 Å². The van der Waals surface area contributed by atoms with Crippen LogP contribution in [0.5, 0.6) is 0 Å².